The third-order valence-electron chi connectivity index (χ3n) is 4.62. The van der Waals surface area contributed by atoms with Crippen LogP contribution in [0.4, 0.5) is 0 Å². The van der Waals surface area contributed by atoms with Crippen molar-refractivity contribution in [3.8, 4) is 0 Å². The van der Waals surface area contributed by atoms with Crippen LogP contribution in [0, 0.1) is 0 Å². The molecule has 2 nitrogen and oxygen atoms in total. The summed E-state index contributed by atoms with van der Waals surface area (Å²) >= 11 is 5.46. The van der Waals surface area contributed by atoms with E-state index in [0.29, 0.717) is 0 Å². The molecule has 1 aromatic rings. The lowest BCUT2D eigenvalue weighted by Crippen LogP contribution is -2.58. The maximum atomic E-state index is 3.58. The Kier molecular flexibility index (Phi) is 4.62. The van der Waals surface area contributed by atoms with E-state index in [2.05, 4.69) is 44.8 Å². The van der Waals surface area contributed by atoms with Gasteiger partial charge in [0.1, 0.15) is 0 Å². The van der Waals surface area contributed by atoms with Crippen LogP contribution >= 0.6 is 27.3 Å². The highest BCUT2D eigenvalue weighted by atomic mass is 79.9. The number of rotatable bonds is 3. The molecule has 0 spiro atoms. The summed E-state index contributed by atoms with van der Waals surface area (Å²) in [5.74, 6) is 0. The molecular formula is C15H23BrN2S. The predicted octanol–water partition coefficient (Wildman–Crippen LogP) is 3.96. The summed E-state index contributed by atoms with van der Waals surface area (Å²) < 4.78 is 1.26. The summed E-state index contributed by atoms with van der Waals surface area (Å²) in [5, 5.41) is 0. The second-order valence-electron chi connectivity index (χ2n) is 5.84. The van der Waals surface area contributed by atoms with Crippen LogP contribution in [0.25, 0.3) is 0 Å². The molecule has 2 aliphatic rings. The number of halogens is 1. The Bertz CT molecular complexity index is 420. The molecule has 0 aromatic carbocycles. The average molecular weight is 343 g/mol. The maximum Gasteiger partial charge on any atom is 0.0701 e. The van der Waals surface area contributed by atoms with Crippen molar-refractivity contribution in [1.82, 2.24) is 9.80 Å². The largest absolute Gasteiger partial charge is 0.298 e. The fourth-order valence-corrected chi connectivity index (χ4v) is 5.04. The van der Waals surface area contributed by atoms with Crippen LogP contribution in [0.2, 0.25) is 0 Å². The lowest BCUT2D eigenvalue weighted by atomic mass is 9.96. The monoisotopic (exact) mass is 342 g/mol. The topological polar surface area (TPSA) is 6.48 Å². The van der Waals surface area contributed by atoms with Crippen molar-refractivity contribution in [2.45, 2.75) is 51.2 Å². The maximum absolute atomic E-state index is 3.58. The minimum absolute atomic E-state index is 0.746. The van der Waals surface area contributed by atoms with Crippen molar-refractivity contribution >= 4 is 27.3 Å². The summed E-state index contributed by atoms with van der Waals surface area (Å²) in [4.78, 5) is 6.97. The predicted molar refractivity (Wildman–Crippen MR) is 85.7 cm³/mol. The number of nitrogens with zero attached hydrogens (tertiary/aromatic N) is 2. The Morgan fingerprint density at radius 2 is 2.21 bits per heavy atom. The van der Waals surface area contributed by atoms with E-state index >= 15 is 0 Å². The van der Waals surface area contributed by atoms with E-state index in [1.54, 1.807) is 0 Å². The van der Waals surface area contributed by atoms with Gasteiger partial charge < -0.3 is 0 Å². The van der Waals surface area contributed by atoms with Crippen molar-refractivity contribution in [1.29, 1.82) is 0 Å². The van der Waals surface area contributed by atoms with Crippen LogP contribution in [0.5, 0.6) is 0 Å². The second kappa shape index (κ2) is 6.25. The number of hydrogen-bond acceptors (Lipinski definition) is 3. The molecule has 1 aromatic heterocycles. The van der Waals surface area contributed by atoms with Crippen LogP contribution in [-0.4, -0.2) is 41.5 Å². The Morgan fingerprint density at radius 3 is 2.95 bits per heavy atom. The van der Waals surface area contributed by atoms with Crippen LogP contribution in [-0.2, 0) is 6.54 Å². The zero-order chi connectivity index (χ0) is 13.2. The molecule has 0 bridgehead atoms. The molecule has 0 aliphatic carbocycles. The van der Waals surface area contributed by atoms with Crippen molar-refractivity contribution in [2.75, 3.05) is 19.6 Å². The molecule has 0 radical (unpaired) electrons. The van der Waals surface area contributed by atoms with Crippen molar-refractivity contribution in [2.24, 2.45) is 0 Å². The van der Waals surface area contributed by atoms with Gasteiger partial charge in [-0.25, -0.2) is 0 Å². The first-order valence-electron chi connectivity index (χ1n) is 7.48. The van der Waals surface area contributed by atoms with Crippen LogP contribution in [0.1, 0.15) is 37.5 Å². The molecule has 2 fully saturated rings. The molecule has 19 heavy (non-hydrogen) atoms. The molecule has 2 aliphatic heterocycles. The average Bonchev–Trinajstić information content (AvgIpc) is 2.83. The van der Waals surface area contributed by atoms with Crippen LogP contribution < -0.4 is 0 Å². The first-order valence-corrected chi connectivity index (χ1v) is 9.09. The summed E-state index contributed by atoms with van der Waals surface area (Å²) in [5.41, 5.74) is 0. The smallest absolute Gasteiger partial charge is 0.0701 e. The Labute approximate surface area is 128 Å². The molecule has 2 saturated heterocycles. The highest BCUT2D eigenvalue weighted by molar-refractivity contribution is 9.11. The van der Waals surface area contributed by atoms with Gasteiger partial charge in [-0.05, 0) is 53.9 Å². The van der Waals surface area contributed by atoms with E-state index in [1.807, 2.05) is 11.3 Å². The summed E-state index contributed by atoms with van der Waals surface area (Å²) in [6, 6.07) is 6.02. The molecule has 2 unspecified atom stereocenters. The van der Waals surface area contributed by atoms with Gasteiger partial charge in [-0.15, -0.1) is 11.3 Å². The van der Waals surface area contributed by atoms with Gasteiger partial charge in [0.15, 0.2) is 0 Å². The zero-order valence-corrected chi connectivity index (χ0v) is 14.0. The Hall–Kier alpha value is 0.1000. The fourth-order valence-electron chi connectivity index (χ4n) is 3.53. The molecule has 0 N–H and O–H groups in total. The molecule has 2 atom stereocenters. The van der Waals surface area contributed by atoms with Crippen molar-refractivity contribution < 1.29 is 0 Å². The number of thiophene rings is 1. The van der Waals surface area contributed by atoms with Gasteiger partial charge in [-0.2, -0.15) is 0 Å². The number of piperidine rings is 1. The standard InChI is InChI=1S/C15H23BrN2S/c1-2-12-9-17-8-4-3-5-13(17)10-18(12)11-14-6-7-15(16)19-14/h6-7,12-13H,2-5,8-11H2,1H3. The normalized spacial score (nSPS) is 29.4. The van der Waals surface area contributed by atoms with Crippen molar-refractivity contribution in [3.63, 3.8) is 0 Å². The molecular weight excluding hydrogens is 320 g/mol. The van der Waals surface area contributed by atoms with Gasteiger partial charge in [0, 0.05) is 36.6 Å². The van der Waals surface area contributed by atoms with E-state index in [-0.39, 0.29) is 0 Å². The molecule has 3 heterocycles. The first-order chi connectivity index (χ1) is 9.26. The molecule has 4 heteroatoms. The Balaban J connectivity index is 1.68. The van der Waals surface area contributed by atoms with Gasteiger partial charge in [0.05, 0.1) is 3.79 Å². The molecule has 106 valence electrons. The van der Waals surface area contributed by atoms with E-state index in [4.69, 9.17) is 0 Å². The minimum Gasteiger partial charge on any atom is -0.298 e. The lowest BCUT2D eigenvalue weighted by molar-refractivity contribution is 0.00376. The molecule has 0 saturated carbocycles. The molecule has 3 rings (SSSR count). The number of piperazine rings is 1. The van der Waals surface area contributed by atoms with E-state index < -0.39 is 0 Å². The minimum atomic E-state index is 0.746. The van der Waals surface area contributed by atoms with Gasteiger partial charge in [-0.3, -0.25) is 9.80 Å². The SMILES string of the molecule is CCC1CN2CCCCC2CN1Cc1ccc(Br)s1. The van der Waals surface area contributed by atoms with E-state index in [1.165, 1.54) is 54.0 Å². The van der Waals surface area contributed by atoms with Gasteiger partial charge in [0.25, 0.3) is 0 Å². The van der Waals surface area contributed by atoms with Crippen molar-refractivity contribution in [3.05, 3.63) is 20.8 Å². The summed E-state index contributed by atoms with van der Waals surface area (Å²) in [6.07, 6.45) is 5.51. The van der Waals surface area contributed by atoms with Gasteiger partial charge in [-0.1, -0.05) is 13.3 Å². The second-order valence-corrected chi connectivity index (χ2v) is 8.39. The highest BCUT2D eigenvalue weighted by Gasteiger charge is 2.34. The number of hydrogen-bond donors (Lipinski definition) is 0. The highest BCUT2D eigenvalue weighted by Crippen LogP contribution is 2.29. The number of fused-ring (bicyclic) bond motifs is 1. The van der Waals surface area contributed by atoms with Crippen LogP contribution in [0.15, 0.2) is 15.9 Å². The van der Waals surface area contributed by atoms with Gasteiger partial charge >= 0.3 is 0 Å². The third kappa shape index (κ3) is 3.23. The summed E-state index contributed by atoms with van der Waals surface area (Å²) in [6.45, 7) is 7.37. The first kappa shape index (κ1) is 14.1. The van der Waals surface area contributed by atoms with E-state index in [0.717, 1.165) is 18.6 Å². The van der Waals surface area contributed by atoms with Gasteiger partial charge in [0.2, 0.25) is 0 Å². The lowest BCUT2D eigenvalue weighted by Gasteiger charge is -2.48. The third-order valence-corrected chi connectivity index (χ3v) is 6.22. The molecule has 0 amide bonds. The Morgan fingerprint density at radius 1 is 1.32 bits per heavy atom. The summed E-state index contributed by atoms with van der Waals surface area (Å²) in [7, 11) is 0. The van der Waals surface area contributed by atoms with Crippen LogP contribution in [0.3, 0.4) is 0 Å². The quantitative estimate of drug-likeness (QED) is 0.820. The zero-order valence-electron chi connectivity index (χ0n) is 11.6. The van der Waals surface area contributed by atoms with E-state index in [9.17, 15) is 0 Å². The fraction of sp³-hybridized carbons (Fsp3) is 0.733.